The molecule has 0 amide bonds. The van der Waals surface area contributed by atoms with Crippen LogP contribution in [0.2, 0.25) is 0 Å². The summed E-state index contributed by atoms with van der Waals surface area (Å²) < 4.78 is 6.76. The fourth-order valence-electron chi connectivity index (χ4n) is 7.41. The van der Waals surface area contributed by atoms with E-state index in [4.69, 9.17) is 14.4 Å². The second kappa shape index (κ2) is 10.1. The summed E-state index contributed by atoms with van der Waals surface area (Å²) in [6.45, 7) is 0. The fourth-order valence-corrected chi connectivity index (χ4v) is 7.41. The van der Waals surface area contributed by atoms with Crippen LogP contribution in [0.5, 0.6) is 0 Å². The Bertz CT molecular complexity index is 2570. The van der Waals surface area contributed by atoms with Gasteiger partial charge in [-0.2, -0.15) is 0 Å². The maximum absolute atomic E-state index is 6.76. The van der Waals surface area contributed by atoms with Crippen molar-refractivity contribution >= 4 is 44.4 Å². The number of nitrogens with one attached hydrogen (secondary N) is 1. The standard InChI is InChI=1S/C43H27N3O/c1-3-12-26(13-4-1)41-44-42(27-14-5-2-6-15-27)46-43(45-41)36-22-11-23-37-39(36)35-21-10-20-34(40(35)47-37)30-24-25-33-29-17-8-7-16-28(29)31-18-9-19-32(30)38(31)33/h1-25,41H,(H,44,45,46). The number of hydrogen-bond donors (Lipinski definition) is 1. The molecule has 47 heavy (non-hydrogen) atoms. The number of furan rings is 1. The van der Waals surface area contributed by atoms with Crippen molar-refractivity contribution < 1.29 is 4.42 Å². The molecular weight excluding hydrogens is 574 g/mol. The van der Waals surface area contributed by atoms with E-state index in [1.165, 1.54) is 33.0 Å². The van der Waals surface area contributed by atoms with Crippen molar-refractivity contribution in [3.63, 3.8) is 0 Å². The molecule has 0 bridgehead atoms. The summed E-state index contributed by atoms with van der Waals surface area (Å²) in [6.07, 6.45) is -0.277. The Morgan fingerprint density at radius 1 is 0.468 bits per heavy atom. The molecule has 2 aliphatic rings. The molecule has 8 aromatic rings. The average molecular weight is 602 g/mol. The molecule has 0 spiro atoms. The van der Waals surface area contributed by atoms with E-state index in [0.29, 0.717) is 5.84 Å². The van der Waals surface area contributed by atoms with Crippen LogP contribution in [-0.2, 0) is 0 Å². The summed E-state index contributed by atoms with van der Waals surface area (Å²) in [5, 5.41) is 8.18. The maximum Gasteiger partial charge on any atom is 0.160 e. The van der Waals surface area contributed by atoms with Crippen molar-refractivity contribution in [3.05, 3.63) is 168 Å². The van der Waals surface area contributed by atoms with E-state index in [1.54, 1.807) is 0 Å². The average Bonchev–Trinajstić information content (AvgIpc) is 3.70. The quantitative estimate of drug-likeness (QED) is 0.218. The predicted octanol–water partition coefficient (Wildman–Crippen LogP) is 10.5. The van der Waals surface area contributed by atoms with Crippen molar-refractivity contribution in [3.8, 4) is 33.4 Å². The van der Waals surface area contributed by atoms with Crippen molar-refractivity contribution in [1.29, 1.82) is 0 Å². The van der Waals surface area contributed by atoms with Gasteiger partial charge in [0.1, 0.15) is 23.2 Å². The second-order valence-corrected chi connectivity index (χ2v) is 12.1. The molecule has 0 fully saturated rings. The van der Waals surface area contributed by atoms with Gasteiger partial charge in [-0.3, -0.25) is 0 Å². The summed E-state index contributed by atoms with van der Waals surface area (Å²) in [4.78, 5) is 10.3. The van der Waals surface area contributed by atoms with Gasteiger partial charge in [0.05, 0.1) is 0 Å². The SMILES string of the molecule is c1ccc(C2=NC(c3cccc4oc5c(-c6ccc7c8c(cccc68)-c6ccccc6-7)cccc5c34)=NC(c3ccccc3)N2)cc1. The lowest BCUT2D eigenvalue weighted by molar-refractivity contribution is 0.669. The molecule has 1 aliphatic carbocycles. The lowest BCUT2D eigenvalue weighted by atomic mass is 9.93. The van der Waals surface area contributed by atoms with Crippen LogP contribution in [-0.4, -0.2) is 11.7 Å². The third kappa shape index (κ3) is 3.95. The molecule has 1 atom stereocenters. The van der Waals surface area contributed by atoms with Crippen LogP contribution >= 0.6 is 0 Å². The minimum atomic E-state index is -0.277. The van der Waals surface area contributed by atoms with Crippen LogP contribution in [0.1, 0.15) is 22.9 Å². The largest absolute Gasteiger partial charge is 0.455 e. The molecular formula is C43H27N3O. The van der Waals surface area contributed by atoms with E-state index in [0.717, 1.165) is 55.6 Å². The van der Waals surface area contributed by atoms with E-state index in [1.807, 2.05) is 48.5 Å². The van der Waals surface area contributed by atoms with Crippen LogP contribution in [0, 0.1) is 0 Å². The Hall–Kier alpha value is -6.26. The van der Waals surface area contributed by atoms with Crippen molar-refractivity contribution in [2.24, 2.45) is 9.98 Å². The van der Waals surface area contributed by atoms with Crippen LogP contribution in [0.25, 0.3) is 66.1 Å². The maximum atomic E-state index is 6.76. The number of benzene rings is 7. The number of fused-ring (bicyclic) bond motifs is 6. The van der Waals surface area contributed by atoms with Gasteiger partial charge in [-0.1, -0.05) is 146 Å². The summed E-state index contributed by atoms with van der Waals surface area (Å²) >= 11 is 0. The third-order valence-corrected chi connectivity index (χ3v) is 9.51. The molecule has 1 N–H and O–H groups in total. The summed E-state index contributed by atoms with van der Waals surface area (Å²) in [7, 11) is 0. The lowest BCUT2D eigenvalue weighted by Gasteiger charge is -2.23. The normalized spacial score (nSPS) is 15.0. The Kier molecular flexibility index (Phi) is 5.60. The molecule has 1 aromatic heterocycles. The zero-order chi connectivity index (χ0) is 30.9. The molecule has 1 aliphatic heterocycles. The van der Waals surface area contributed by atoms with Gasteiger partial charge in [0.25, 0.3) is 0 Å². The highest BCUT2D eigenvalue weighted by Gasteiger charge is 2.26. The topological polar surface area (TPSA) is 49.9 Å². The second-order valence-electron chi connectivity index (χ2n) is 12.1. The van der Waals surface area contributed by atoms with Crippen LogP contribution in [0.15, 0.2) is 166 Å². The van der Waals surface area contributed by atoms with Gasteiger partial charge in [-0.25, -0.2) is 9.98 Å². The van der Waals surface area contributed by atoms with Gasteiger partial charge in [0, 0.05) is 27.5 Å². The predicted molar refractivity (Wildman–Crippen MR) is 193 cm³/mol. The van der Waals surface area contributed by atoms with Crippen molar-refractivity contribution in [1.82, 2.24) is 5.32 Å². The van der Waals surface area contributed by atoms with E-state index in [-0.39, 0.29) is 6.17 Å². The van der Waals surface area contributed by atoms with Gasteiger partial charge >= 0.3 is 0 Å². The highest BCUT2D eigenvalue weighted by atomic mass is 16.3. The Morgan fingerprint density at radius 2 is 1.09 bits per heavy atom. The minimum Gasteiger partial charge on any atom is -0.455 e. The molecule has 0 radical (unpaired) electrons. The van der Waals surface area contributed by atoms with Crippen LogP contribution < -0.4 is 5.32 Å². The van der Waals surface area contributed by atoms with Crippen LogP contribution in [0.3, 0.4) is 0 Å². The summed E-state index contributed by atoms with van der Waals surface area (Å²) in [6, 6.07) is 53.1. The zero-order valence-electron chi connectivity index (χ0n) is 25.3. The van der Waals surface area contributed by atoms with Gasteiger partial charge in [-0.05, 0) is 50.2 Å². The van der Waals surface area contributed by atoms with Gasteiger partial charge < -0.3 is 9.73 Å². The van der Waals surface area contributed by atoms with Gasteiger partial charge in [0.15, 0.2) is 5.84 Å². The molecule has 2 heterocycles. The lowest BCUT2D eigenvalue weighted by Crippen LogP contribution is -2.33. The molecule has 1 unspecified atom stereocenters. The molecule has 4 nitrogen and oxygen atoms in total. The number of nitrogens with zero attached hydrogens (tertiary/aromatic N) is 2. The highest BCUT2D eigenvalue weighted by Crippen LogP contribution is 2.50. The first kappa shape index (κ1) is 26.0. The molecule has 0 saturated carbocycles. The molecule has 0 saturated heterocycles. The Balaban J connectivity index is 1.18. The van der Waals surface area contributed by atoms with Crippen molar-refractivity contribution in [2.45, 2.75) is 6.17 Å². The van der Waals surface area contributed by atoms with E-state index < -0.39 is 0 Å². The first-order valence-corrected chi connectivity index (χ1v) is 16.0. The van der Waals surface area contributed by atoms with E-state index >= 15 is 0 Å². The van der Waals surface area contributed by atoms with Crippen molar-refractivity contribution in [2.75, 3.05) is 0 Å². The number of aliphatic imine (C=N–C) groups is 2. The molecule has 10 rings (SSSR count). The number of hydrogen-bond acceptors (Lipinski definition) is 4. The fraction of sp³-hybridized carbons (Fsp3) is 0.0233. The van der Waals surface area contributed by atoms with E-state index in [2.05, 4.69) is 108 Å². The first-order valence-electron chi connectivity index (χ1n) is 16.0. The third-order valence-electron chi connectivity index (χ3n) is 9.51. The zero-order valence-corrected chi connectivity index (χ0v) is 25.3. The highest BCUT2D eigenvalue weighted by molar-refractivity contribution is 6.24. The first-order chi connectivity index (χ1) is 23.3. The smallest absolute Gasteiger partial charge is 0.160 e. The van der Waals surface area contributed by atoms with Gasteiger partial charge in [-0.15, -0.1) is 0 Å². The minimum absolute atomic E-state index is 0.277. The summed E-state index contributed by atoms with van der Waals surface area (Å²) in [5.41, 5.74) is 12.1. The monoisotopic (exact) mass is 601 g/mol. The molecule has 4 heteroatoms. The Labute approximate surface area is 271 Å². The number of rotatable bonds is 4. The van der Waals surface area contributed by atoms with E-state index in [9.17, 15) is 0 Å². The Morgan fingerprint density at radius 3 is 1.89 bits per heavy atom. The number of para-hydroxylation sites is 1. The van der Waals surface area contributed by atoms with Gasteiger partial charge in [0.2, 0.25) is 0 Å². The molecule has 7 aromatic carbocycles. The number of amidine groups is 2. The molecule has 220 valence electrons. The van der Waals surface area contributed by atoms with Crippen LogP contribution in [0.4, 0.5) is 0 Å². The summed E-state index contributed by atoms with van der Waals surface area (Å²) in [5.74, 6) is 1.47.